The summed E-state index contributed by atoms with van der Waals surface area (Å²) >= 11 is 5.69. The molecule has 2 N–H and O–H groups in total. The molecule has 0 radical (unpaired) electrons. The van der Waals surface area contributed by atoms with Crippen LogP contribution >= 0.6 is 11.6 Å². The van der Waals surface area contributed by atoms with Gasteiger partial charge in [0, 0.05) is 0 Å². The van der Waals surface area contributed by atoms with E-state index < -0.39 is 17.5 Å². The Morgan fingerprint density at radius 2 is 2.20 bits per heavy atom. The SMILES string of the molecule is CCCCOC(=O)/C(C#N)=C/c1cc(O)c(O)c(Cl)c1. The first kappa shape index (κ1) is 15.9. The van der Waals surface area contributed by atoms with Gasteiger partial charge in [-0.15, -0.1) is 0 Å². The van der Waals surface area contributed by atoms with Crippen molar-refractivity contribution in [2.75, 3.05) is 6.61 Å². The first-order valence-electron chi connectivity index (χ1n) is 6.00. The van der Waals surface area contributed by atoms with Gasteiger partial charge in [0.25, 0.3) is 0 Å². The van der Waals surface area contributed by atoms with E-state index in [-0.39, 0.29) is 17.2 Å². The van der Waals surface area contributed by atoms with Crippen molar-refractivity contribution in [1.29, 1.82) is 5.26 Å². The molecule has 0 spiro atoms. The van der Waals surface area contributed by atoms with Crippen LogP contribution in [0.5, 0.6) is 11.5 Å². The lowest BCUT2D eigenvalue weighted by molar-refractivity contribution is -0.138. The van der Waals surface area contributed by atoms with Crippen LogP contribution in [-0.4, -0.2) is 22.8 Å². The number of carbonyl (C=O) groups excluding carboxylic acids is 1. The minimum Gasteiger partial charge on any atom is -0.504 e. The molecule has 0 aliphatic heterocycles. The number of nitrogens with zero attached hydrogens (tertiary/aromatic N) is 1. The zero-order chi connectivity index (χ0) is 15.1. The number of rotatable bonds is 5. The van der Waals surface area contributed by atoms with E-state index in [0.29, 0.717) is 5.56 Å². The van der Waals surface area contributed by atoms with E-state index in [9.17, 15) is 15.0 Å². The van der Waals surface area contributed by atoms with Crippen molar-refractivity contribution in [3.8, 4) is 17.6 Å². The summed E-state index contributed by atoms with van der Waals surface area (Å²) in [5, 5.41) is 27.6. The number of ether oxygens (including phenoxy) is 1. The van der Waals surface area contributed by atoms with Crippen molar-refractivity contribution in [2.24, 2.45) is 0 Å². The summed E-state index contributed by atoms with van der Waals surface area (Å²) in [4.78, 5) is 11.6. The Kier molecular flexibility index (Phi) is 5.88. The number of hydrogen-bond donors (Lipinski definition) is 2. The van der Waals surface area contributed by atoms with Gasteiger partial charge in [0.1, 0.15) is 11.6 Å². The summed E-state index contributed by atoms with van der Waals surface area (Å²) in [6.45, 7) is 2.20. The number of hydrogen-bond acceptors (Lipinski definition) is 5. The first-order valence-corrected chi connectivity index (χ1v) is 6.37. The van der Waals surface area contributed by atoms with Gasteiger partial charge >= 0.3 is 5.97 Å². The number of esters is 1. The van der Waals surface area contributed by atoms with Crippen LogP contribution in [0.1, 0.15) is 25.3 Å². The molecule has 1 aromatic carbocycles. The number of halogens is 1. The normalized spacial score (nSPS) is 10.9. The molecule has 20 heavy (non-hydrogen) atoms. The maximum absolute atomic E-state index is 11.6. The Labute approximate surface area is 121 Å². The van der Waals surface area contributed by atoms with E-state index in [1.165, 1.54) is 18.2 Å². The van der Waals surface area contributed by atoms with Crippen molar-refractivity contribution in [2.45, 2.75) is 19.8 Å². The second-order valence-electron chi connectivity index (χ2n) is 4.03. The monoisotopic (exact) mass is 295 g/mol. The molecule has 106 valence electrons. The smallest absolute Gasteiger partial charge is 0.348 e. The van der Waals surface area contributed by atoms with E-state index in [4.69, 9.17) is 21.6 Å². The lowest BCUT2D eigenvalue weighted by atomic mass is 10.1. The van der Waals surface area contributed by atoms with Gasteiger partial charge in [-0.25, -0.2) is 4.79 Å². The fourth-order valence-corrected chi connectivity index (χ4v) is 1.60. The first-order chi connectivity index (χ1) is 9.49. The predicted octanol–water partition coefficient (Wildman–Crippen LogP) is 3.00. The number of nitriles is 1. The van der Waals surface area contributed by atoms with E-state index in [0.717, 1.165) is 12.8 Å². The molecule has 0 bridgehead atoms. The second kappa shape index (κ2) is 7.41. The Bertz CT molecular complexity index is 552. The minimum atomic E-state index is -0.732. The number of unbranched alkanes of at least 4 members (excludes halogenated alkanes) is 1. The Morgan fingerprint density at radius 3 is 2.75 bits per heavy atom. The van der Waals surface area contributed by atoms with Crippen LogP contribution in [0.25, 0.3) is 6.08 Å². The van der Waals surface area contributed by atoms with Crippen molar-refractivity contribution < 1.29 is 19.7 Å². The highest BCUT2D eigenvalue weighted by atomic mass is 35.5. The molecule has 0 amide bonds. The summed E-state index contributed by atoms with van der Waals surface area (Å²) in [6, 6.07) is 4.25. The molecular formula is C14H14ClNO4. The standard InChI is InChI=1S/C14H14ClNO4/c1-2-3-4-20-14(19)10(8-16)5-9-6-11(15)13(18)12(17)7-9/h5-7,17-18H,2-4H2,1H3/b10-5+. The predicted molar refractivity (Wildman–Crippen MR) is 74.2 cm³/mol. The van der Waals surface area contributed by atoms with E-state index >= 15 is 0 Å². The number of phenols is 2. The van der Waals surface area contributed by atoms with Crippen LogP contribution in [0.2, 0.25) is 5.02 Å². The second-order valence-corrected chi connectivity index (χ2v) is 4.44. The molecule has 6 heteroatoms. The molecule has 0 fully saturated rings. The van der Waals surface area contributed by atoms with Crippen LogP contribution in [0.3, 0.4) is 0 Å². The fraction of sp³-hybridized carbons (Fsp3) is 0.286. The molecule has 5 nitrogen and oxygen atoms in total. The summed E-state index contributed by atoms with van der Waals surface area (Å²) in [7, 11) is 0. The molecule has 0 heterocycles. The minimum absolute atomic E-state index is 0.0760. The van der Waals surface area contributed by atoms with Crippen LogP contribution < -0.4 is 0 Å². The van der Waals surface area contributed by atoms with E-state index in [2.05, 4.69) is 0 Å². The maximum atomic E-state index is 11.6. The molecule has 0 aromatic heterocycles. The Morgan fingerprint density at radius 1 is 1.50 bits per heavy atom. The zero-order valence-corrected chi connectivity index (χ0v) is 11.6. The Balaban J connectivity index is 2.95. The molecule has 0 saturated carbocycles. The summed E-state index contributed by atoms with van der Waals surface area (Å²) in [6.07, 6.45) is 2.83. The number of aromatic hydroxyl groups is 2. The van der Waals surface area contributed by atoms with Gasteiger partial charge in [0.2, 0.25) is 0 Å². The maximum Gasteiger partial charge on any atom is 0.348 e. The highest BCUT2D eigenvalue weighted by Crippen LogP contribution is 2.34. The topological polar surface area (TPSA) is 90.6 Å². The van der Waals surface area contributed by atoms with Crippen molar-refractivity contribution in [3.63, 3.8) is 0 Å². The fourth-order valence-electron chi connectivity index (χ4n) is 1.38. The highest BCUT2D eigenvalue weighted by Gasteiger charge is 2.12. The quantitative estimate of drug-likeness (QED) is 0.286. The third-order valence-corrected chi connectivity index (χ3v) is 2.74. The lowest BCUT2D eigenvalue weighted by Crippen LogP contribution is -2.07. The van der Waals surface area contributed by atoms with Crippen LogP contribution in [0.15, 0.2) is 17.7 Å². The third kappa shape index (κ3) is 4.18. The van der Waals surface area contributed by atoms with Gasteiger partial charge in [0.05, 0.1) is 11.6 Å². The van der Waals surface area contributed by atoms with Crippen molar-refractivity contribution in [3.05, 3.63) is 28.3 Å². The number of benzene rings is 1. The molecule has 1 rings (SSSR count). The summed E-state index contributed by atoms with van der Waals surface area (Å²) < 4.78 is 4.92. The molecule has 0 aliphatic carbocycles. The Hall–Kier alpha value is -2.19. The third-order valence-electron chi connectivity index (χ3n) is 2.45. The molecule has 0 atom stereocenters. The highest BCUT2D eigenvalue weighted by molar-refractivity contribution is 6.32. The number of phenolic OH excluding ortho intramolecular Hbond substituents is 2. The van der Waals surface area contributed by atoms with E-state index in [1.54, 1.807) is 6.07 Å². The van der Waals surface area contributed by atoms with Gasteiger partial charge in [0.15, 0.2) is 11.5 Å². The van der Waals surface area contributed by atoms with Crippen LogP contribution in [0.4, 0.5) is 0 Å². The summed E-state index contributed by atoms with van der Waals surface area (Å²) in [5.41, 5.74) is 0.108. The van der Waals surface area contributed by atoms with Gasteiger partial charge in [-0.3, -0.25) is 0 Å². The lowest BCUT2D eigenvalue weighted by Gasteiger charge is -2.04. The van der Waals surface area contributed by atoms with E-state index in [1.807, 2.05) is 6.92 Å². The van der Waals surface area contributed by atoms with Crippen molar-refractivity contribution >= 4 is 23.6 Å². The summed E-state index contributed by atoms with van der Waals surface area (Å²) in [5.74, 6) is -1.61. The van der Waals surface area contributed by atoms with Crippen LogP contribution in [-0.2, 0) is 9.53 Å². The number of carbonyl (C=O) groups is 1. The average molecular weight is 296 g/mol. The molecule has 0 aliphatic rings. The molecular weight excluding hydrogens is 282 g/mol. The molecule has 0 saturated heterocycles. The van der Waals surface area contributed by atoms with Crippen molar-refractivity contribution in [1.82, 2.24) is 0 Å². The van der Waals surface area contributed by atoms with Gasteiger partial charge in [-0.05, 0) is 30.2 Å². The molecule has 1 aromatic rings. The van der Waals surface area contributed by atoms with Gasteiger partial charge < -0.3 is 14.9 Å². The van der Waals surface area contributed by atoms with Gasteiger partial charge in [-0.1, -0.05) is 24.9 Å². The zero-order valence-electron chi connectivity index (χ0n) is 10.9. The van der Waals surface area contributed by atoms with Gasteiger partial charge in [-0.2, -0.15) is 5.26 Å². The largest absolute Gasteiger partial charge is 0.504 e. The average Bonchev–Trinajstić information content (AvgIpc) is 2.42. The molecule has 0 unspecified atom stereocenters. The van der Waals surface area contributed by atoms with Crippen LogP contribution in [0, 0.1) is 11.3 Å².